The van der Waals surface area contributed by atoms with E-state index in [0.29, 0.717) is 0 Å². The third-order valence-corrected chi connectivity index (χ3v) is 2.26. The zero-order valence-corrected chi connectivity index (χ0v) is 8.84. The molecule has 17 heavy (non-hydrogen) atoms. The van der Waals surface area contributed by atoms with Crippen LogP contribution in [-0.4, -0.2) is 27.1 Å². The third-order valence-electron chi connectivity index (χ3n) is 2.26. The molecule has 0 radical (unpaired) electrons. The van der Waals surface area contributed by atoms with E-state index in [2.05, 4.69) is 0 Å². The highest BCUT2D eigenvalue weighted by molar-refractivity contribution is 5.97. The van der Waals surface area contributed by atoms with Crippen molar-refractivity contribution in [1.82, 2.24) is 0 Å². The summed E-state index contributed by atoms with van der Waals surface area (Å²) >= 11 is 0. The highest BCUT2D eigenvalue weighted by Crippen LogP contribution is 2.23. The van der Waals surface area contributed by atoms with Crippen LogP contribution >= 0.6 is 0 Å². The van der Waals surface area contributed by atoms with Gasteiger partial charge in [0.25, 0.3) is 5.69 Å². The number of aromatic carboxylic acids is 2. The summed E-state index contributed by atoms with van der Waals surface area (Å²) in [5.41, 5.74) is -1.16. The molecule has 0 bridgehead atoms. The Balaban J connectivity index is 3.63. The highest BCUT2D eigenvalue weighted by atomic mass is 16.6. The topological polar surface area (TPSA) is 118 Å². The molecule has 0 amide bonds. The van der Waals surface area contributed by atoms with Crippen LogP contribution in [0.5, 0.6) is 0 Å². The Hall–Kier alpha value is -2.44. The van der Waals surface area contributed by atoms with Crippen molar-refractivity contribution in [2.75, 3.05) is 0 Å². The van der Waals surface area contributed by atoms with Crippen LogP contribution in [0.2, 0.25) is 0 Å². The van der Waals surface area contributed by atoms with E-state index in [9.17, 15) is 19.7 Å². The summed E-state index contributed by atoms with van der Waals surface area (Å²) in [6, 6.07) is 1.74. The Morgan fingerprint density at radius 3 is 1.88 bits per heavy atom. The first-order valence-electron chi connectivity index (χ1n) is 4.66. The number of rotatable bonds is 4. The van der Waals surface area contributed by atoms with Crippen LogP contribution in [0, 0.1) is 10.1 Å². The lowest BCUT2D eigenvalue weighted by molar-refractivity contribution is -0.384. The fourth-order valence-electron chi connectivity index (χ4n) is 1.52. The molecule has 0 heterocycles. The van der Waals surface area contributed by atoms with Gasteiger partial charge in [-0.1, -0.05) is 6.92 Å². The van der Waals surface area contributed by atoms with E-state index in [0.717, 1.165) is 12.1 Å². The molecule has 1 aromatic carbocycles. The summed E-state index contributed by atoms with van der Waals surface area (Å²) in [7, 11) is 0. The molecule has 1 aromatic rings. The average molecular weight is 239 g/mol. The van der Waals surface area contributed by atoms with Gasteiger partial charge in [0.15, 0.2) is 0 Å². The number of nitro groups is 1. The van der Waals surface area contributed by atoms with Crippen molar-refractivity contribution in [3.8, 4) is 0 Å². The van der Waals surface area contributed by atoms with Crippen LogP contribution in [0.1, 0.15) is 33.2 Å². The Morgan fingerprint density at radius 2 is 1.65 bits per heavy atom. The number of non-ortho nitro benzene ring substituents is 1. The van der Waals surface area contributed by atoms with Gasteiger partial charge in [0, 0.05) is 12.1 Å². The molecule has 2 N–H and O–H groups in total. The molecule has 0 unspecified atom stereocenters. The molecule has 1 rings (SSSR count). The molecule has 0 aliphatic carbocycles. The molecule has 7 heteroatoms. The number of benzene rings is 1. The van der Waals surface area contributed by atoms with Crippen molar-refractivity contribution >= 4 is 17.6 Å². The summed E-state index contributed by atoms with van der Waals surface area (Å²) in [5.74, 6) is -2.76. The molecule has 0 aromatic heterocycles. The fourth-order valence-corrected chi connectivity index (χ4v) is 1.52. The van der Waals surface area contributed by atoms with Crippen LogP contribution in [0.3, 0.4) is 0 Å². The second kappa shape index (κ2) is 4.60. The number of hydrogen-bond acceptors (Lipinski definition) is 4. The maximum Gasteiger partial charge on any atom is 0.336 e. The average Bonchev–Trinajstić information content (AvgIpc) is 2.26. The summed E-state index contributed by atoms with van der Waals surface area (Å²) in [6.07, 6.45) is 0.168. The molecule has 0 spiro atoms. The maximum absolute atomic E-state index is 10.9. The molecular weight excluding hydrogens is 230 g/mol. The molecule has 90 valence electrons. The van der Waals surface area contributed by atoms with Crippen molar-refractivity contribution in [2.24, 2.45) is 0 Å². The van der Waals surface area contributed by atoms with Crippen LogP contribution in [0.25, 0.3) is 0 Å². The molecule has 0 fully saturated rings. The van der Waals surface area contributed by atoms with Crippen LogP contribution in [-0.2, 0) is 6.42 Å². The van der Waals surface area contributed by atoms with E-state index >= 15 is 0 Å². The van der Waals surface area contributed by atoms with Crippen LogP contribution in [0.15, 0.2) is 12.1 Å². The normalized spacial score (nSPS) is 9.94. The lowest BCUT2D eigenvalue weighted by Gasteiger charge is -2.07. The Bertz CT molecular complexity index is 473. The van der Waals surface area contributed by atoms with Crippen LogP contribution in [0.4, 0.5) is 5.69 Å². The molecule has 0 atom stereocenters. The van der Waals surface area contributed by atoms with Gasteiger partial charge in [-0.2, -0.15) is 0 Å². The minimum Gasteiger partial charge on any atom is -0.478 e. The van der Waals surface area contributed by atoms with Crippen molar-refractivity contribution in [1.29, 1.82) is 0 Å². The summed E-state index contributed by atoms with van der Waals surface area (Å²) in [5, 5.41) is 28.4. The number of carboxylic acids is 2. The smallest absolute Gasteiger partial charge is 0.336 e. The lowest BCUT2D eigenvalue weighted by atomic mass is 9.98. The number of nitrogens with zero attached hydrogens (tertiary/aromatic N) is 1. The van der Waals surface area contributed by atoms with Gasteiger partial charge in [0.1, 0.15) is 0 Å². The molecular formula is C10H9NO6. The van der Waals surface area contributed by atoms with Gasteiger partial charge in [-0.15, -0.1) is 0 Å². The fraction of sp³-hybridized carbons (Fsp3) is 0.200. The SMILES string of the molecule is CCc1c(C(=O)O)cc([N+](=O)[O-])cc1C(=O)O. The second-order valence-electron chi connectivity index (χ2n) is 3.24. The zero-order chi connectivity index (χ0) is 13.2. The summed E-state index contributed by atoms with van der Waals surface area (Å²) in [6.45, 7) is 1.58. The van der Waals surface area contributed by atoms with Gasteiger partial charge in [-0.25, -0.2) is 9.59 Å². The molecule has 0 saturated carbocycles. The number of carboxylic acid groups (broad SMARTS) is 2. The van der Waals surface area contributed by atoms with Gasteiger partial charge in [-0.05, 0) is 12.0 Å². The van der Waals surface area contributed by atoms with Gasteiger partial charge in [0.2, 0.25) is 0 Å². The highest BCUT2D eigenvalue weighted by Gasteiger charge is 2.22. The first-order chi connectivity index (χ1) is 7.88. The van der Waals surface area contributed by atoms with Crippen molar-refractivity contribution in [3.05, 3.63) is 38.9 Å². The molecule has 0 aliphatic heterocycles. The molecule has 0 saturated heterocycles. The largest absolute Gasteiger partial charge is 0.478 e. The number of hydrogen-bond donors (Lipinski definition) is 2. The first-order valence-corrected chi connectivity index (χ1v) is 4.66. The van der Waals surface area contributed by atoms with Crippen molar-refractivity contribution in [2.45, 2.75) is 13.3 Å². The van der Waals surface area contributed by atoms with E-state index in [4.69, 9.17) is 10.2 Å². The van der Waals surface area contributed by atoms with E-state index in [1.165, 1.54) is 0 Å². The van der Waals surface area contributed by atoms with Gasteiger partial charge < -0.3 is 10.2 Å². The standard InChI is InChI=1S/C10H9NO6/c1-2-6-7(9(12)13)3-5(11(16)17)4-8(6)10(14)15/h3-4H,2H2,1H3,(H,12,13)(H,14,15). The van der Waals surface area contributed by atoms with Gasteiger partial charge in [-0.3, -0.25) is 10.1 Å². The van der Waals surface area contributed by atoms with E-state index in [-0.39, 0.29) is 23.1 Å². The monoisotopic (exact) mass is 239 g/mol. The van der Waals surface area contributed by atoms with Crippen LogP contribution < -0.4 is 0 Å². The van der Waals surface area contributed by atoms with E-state index in [1.54, 1.807) is 6.92 Å². The number of nitro benzene ring substituents is 1. The quantitative estimate of drug-likeness (QED) is 0.607. The lowest BCUT2D eigenvalue weighted by Crippen LogP contribution is -2.10. The number of carbonyl (C=O) groups is 2. The Labute approximate surface area is 95.5 Å². The van der Waals surface area contributed by atoms with E-state index < -0.39 is 22.5 Å². The van der Waals surface area contributed by atoms with Gasteiger partial charge >= 0.3 is 11.9 Å². The predicted molar refractivity (Wildman–Crippen MR) is 56.4 cm³/mol. The molecule has 7 nitrogen and oxygen atoms in total. The second-order valence-corrected chi connectivity index (χ2v) is 3.24. The minimum atomic E-state index is -1.38. The third kappa shape index (κ3) is 2.39. The predicted octanol–water partition coefficient (Wildman–Crippen LogP) is 1.55. The Morgan fingerprint density at radius 1 is 1.24 bits per heavy atom. The van der Waals surface area contributed by atoms with Gasteiger partial charge in [0.05, 0.1) is 16.1 Å². The van der Waals surface area contributed by atoms with Crippen molar-refractivity contribution < 1.29 is 24.7 Å². The first kappa shape index (κ1) is 12.6. The summed E-state index contributed by atoms with van der Waals surface area (Å²) < 4.78 is 0. The Kier molecular flexibility index (Phi) is 3.42. The minimum absolute atomic E-state index is 0.0793. The summed E-state index contributed by atoms with van der Waals surface area (Å²) in [4.78, 5) is 31.6. The zero-order valence-electron chi connectivity index (χ0n) is 8.84. The maximum atomic E-state index is 10.9. The van der Waals surface area contributed by atoms with Crippen molar-refractivity contribution in [3.63, 3.8) is 0 Å². The molecule has 0 aliphatic rings. The van der Waals surface area contributed by atoms with E-state index in [1.807, 2.05) is 0 Å².